The van der Waals surface area contributed by atoms with E-state index in [2.05, 4.69) is 15.9 Å². The molecule has 6 heteroatoms. The van der Waals surface area contributed by atoms with Crippen LogP contribution in [0.15, 0.2) is 51.8 Å². The Morgan fingerprint density at radius 2 is 1.74 bits per heavy atom. The van der Waals surface area contributed by atoms with Crippen LogP contribution in [0.5, 0.6) is 11.5 Å². The molecule has 4 nitrogen and oxygen atoms in total. The SMILES string of the molecule is Cc1ccc(S(=O)(=O)Oc2ccc(Br)c(O)c2)cc1. The van der Waals surface area contributed by atoms with Gasteiger partial charge in [0.25, 0.3) is 0 Å². The minimum Gasteiger partial charge on any atom is -0.507 e. The molecular formula is C13H11BrO4S. The Kier molecular flexibility index (Phi) is 3.82. The van der Waals surface area contributed by atoms with Crippen molar-refractivity contribution in [2.24, 2.45) is 0 Å². The van der Waals surface area contributed by atoms with Crippen LogP contribution < -0.4 is 4.18 Å². The Morgan fingerprint density at radius 3 is 2.32 bits per heavy atom. The van der Waals surface area contributed by atoms with Crippen molar-refractivity contribution in [1.29, 1.82) is 0 Å². The van der Waals surface area contributed by atoms with Crippen molar-refractivity contribution in [3.63, 3.8) is 0 Å². The first-order valence-corrected chi connectivity index (χ1v) is 7.58. The summed E-state index contributed by atoms with van der Waals surface area (Å²) >= 11 is 3.11. The van der Waals surface area contributed by atoms with Gasteiger partial charge in [0.1, 0.15) is 16.4 Å². The van der Waals surface area contributed by atoms with Gasteiger partial charge < -0.3 is 9.29 Å². The number of aryl methyl sites for hydroxylation is 1. The van der Waals surface area contributed by atoms with Crippen molar-refractivity contribution in [3.05, 3.63) is 52.5 Å². The van der Waals surface area contributed by atoms with Crippen LogP contribution in [-0.2, 0) is 10.1 Å². The molecule has 19 heavy (non-hydrogen) atoms. The number of hydrogen-bond donors (Lipinski definition) is 1. The van der Waals surface area contributed by atoms with Crippen LogP contribution in [0, 0.1) is 6.92 Å². The normalized spacial score (nSPS) is 11.3. The lowest BCUT2D eigenvalue weighted by Gasteiger charge is -2.08. The number of rotatable bonds is 3. The zero-order chi connectivity index (χ0) is 14.0. The molecular weight excluding hydrogens is 332 g/mol. The molecule has 0 amide bonds. The van der Waals surface area contributed by atoms with E-state index in [0.717, 1.165) is 5.56 Å². The highest BCUT2D eigenvalue weighted by Crippen LogP contribution is 2.29. The molecule has 2 aromatic carbocycles. The van der Waals surface area contributed by atoms with E-state index >= 15 is 0 Å². The summed E-state index contributed by atoms with van der Waals surface area (Å²) in [6, 6.07) is 10.5. The van der Waals surface area contributed by atoms with Gasteiger partial charge in [-0.1, -0.05) is 17.7 Å². The average molecular weight is 343 g/mol. The fourth-order valence-electron chi connectivity index (χ4n) is 1.42. The van der Waals surface area contributed by atoms with Gasteiger partial charge in [-0.3, -0.25) is 0 Å². The highest BCUT2D eigenvalue weighted by Gasteiger charge is 2.16. The summed E-state index contributed by atoms with van der Waals surface area (Å²) < 4.78 is 29.4. The quantitative estimate of drug-likeness (QED) is 0.869. The summed E-state index contributed by atoms with van der Waals surface area (Å²) in [4.78, 5) is 0.0699. The van der Waals surface area contributed by atoms with Crippen molar-refractivity contribution >= 4 is 26.0 Å². The molecule has 0 aliphatic heterocycles. The summed E-state index contributed by atoms with van der Waals surface area (Å²) in [5.74, 6) is -0.0297. The Hall–Kier alpha value is -1.53. The lowest BCUT2D eigenvalue weighted by molar-refractivity contribution is 0.461. The van der Waals surface area contributed by atoms with E-state index in [9.17, 15) is 13.5 Å². The van der Waals surface area contributed by atoms with E-state index in [1.807, 2.05) is 6.92 Å². The minimum atomic E-state index is -3.89. The molecule has 0 radical (unpaired) electrons. The largest absolute Gasteiger partial charge is 0.507 e. The highest BCUT2D eigenvalue weighted by atomic mass is 79.9. The fourth-order valence-corrected chi connectivity index (χ4v) is 2.59. The molecule has 0 atom stereocenters. The van der Waals surface area contributed by atoms with Gasteiger partial charge in [0, 0.05) is 6.07 Å². The molecule has 0 saturated carbocycles. The van der Waals surface area contributed by atoms with E-state index < -0.39 is 10.1 Å². The number of phenolic OH excluding ortho intramolecular Hbond substituents is 1. The topological polar surface area (TPSA) is 63.6 Å². The van der Waals surface area contributed by atoms with Gasteiger partial charge in [-0.25, -0.2) is 0 Å². The molecule has 2 rings (SSSR count). The average Bonchev–Trinajstić information content (AvgIpc) is 2.34. The van der Waals surface area contributed by atoms with E-state index in [4.69, 9.17) is 4.18 Å². The third kappa shape index (κ3) is 3.27. The highest BCUT2D eigenvalue weighted by molar-refractivity contribution is 9.10. The lowest BCUT2D eigenvalue weighted by Crippen LogP contribution is -2.09. The minimum absolute atomic E-state index is 0.0567. The molecule has 0 bridgehead atoms. The van der Waals surface area contributed by atoms with Crippen LogP contribution in [0.2, 0.25) is 0 Å². The van der Waals surface area contributed by atoms with Crippen LogP contribution >= 0.6 is 15.9 Å². The van der Waals surface area contributed by atoms with Crippen LogP contribution in [0.1, 0.15) is 5.56 Å². The standard InChI is InChI=1S/C13H11BrO4S/c1-9-2-5-11(6-3-9)19(16,17)18-10-4-7-12(14)13(15)8-10/h2-8,15H,1H3. The molecule has 0 saturated heterocycles. The molecule has 0 aromatic heterocycles. The molecule has 0 aliphatic carbocycles. The van der Waals surface area contributed by atoms with Gasteiger partial charge in [-0.05, 0) is 47.1 Å². The van der Waals surface area contributed by atoms with Crippen LogP contribution in [0.4, 0.5) is 0 Å². The van der Waals surface area contributed by atoms with E-state index in [1.54, 1.807) is 12.1 Å². The Bertz CT molecular complexity index is 693. The second kappa shape index (κ2) is 5.22. The van der Waals surface area contributed by atoms with Crippen molar-refractivity contribution in [3.8, 4) is 11.5 Å². The van der Waals surface area contributed by atoms with Crippen molar-refractivity contribution < 1.29 is 17.7 Å². The molecule has 1 N–H and O–H groups in total. The molecule has 0 unspecified atom stereocenters. The lowest BCUT2D eigenvalue weighted by atomic mass is 10.2. The van der Waals surface area contributed by atoms with Gasteiger partial charge >= 0.3 is 10.1 Å². The van der Waals surface area contributed by atoms with Crippen molar-refractivity contribution in [1.82, 2.24) is 0 Å². The number of phenols is 1. The van der Waals surface area contributed by atoms with E-state index in [0.29, 0.717) is 4.47 Å². The first kappa shape index (κ1) is 13.9. The third-order valence-corrected chi connectivity index (χ3v) is 4.37. The summed E-state index contributed by atoms with van der Waals surface area (Å²) in [5.41, 5.74) is 0.959. The van der Waals surface area contributed by atoms with Crippen LogP contribution in [0.3, 0.4) is 0 Å². The number of benzene rings is 2. The van der Waals surface area contributed by atoms with Gasteiger partial charge in [0.05, 0.1) is 4.47 Å². The third-order valence-electron chi connectivity index (χ3n) is 2.43. The van der Waals surface area contributed by atoms with Gasteiger partial charge in [0.2, 0.25) is 0 Å². The predicted octanol–water partition coefficient (Wildman–Crippen LogP) is 3.23. The Morgan fingerprint density at radius 1 is 1.11 bits per heavy atom. The van der Waals surface area contributed by atoms with Crippen LogP contribution in [-0.4, -0.2) is 13.5 Å². The van der Waals surface area contributed by atoms with E-state index in [-0.39, 0.29) is 16.4 Å². The zero-order valence-electron chi connectivity index (χ0n) is 10.00. The van der Waals surface area contributed by atoms with Crippen molar-refractivity contribution in [2.75, 3.05) is 0 Å². The van der Waals surface area contributed by atoms with Crippen LogP contribution in [0.25, 0.3) is 0 Å². The second-order valence-corrected chi connectivity index (χ2v) is 6.36. The van der Waals surface area contributed by atoms with Gasteiger partial charge in [0.15, 0.2) is 0 Å². The zero-order valence-corrected chi connectivity index (χ0v) is 12.4. The molecule has 100 valence electrons. The molecule has 0 spiro atoms. The fraction of sp³-hybridized carbons (Fsp3) is 0.0769. The Balaban J connectivity index is 2.30. The predicted molar refractivity (Wildman–Crippen MR) is 74.8 cm³/mol. The van der Waals surface area contributed by atoms with Crippen molar-refractivity contribution in [2.45, 2.75) is 11.8 Å². The maximum Gasteiger partial charge on any atom is 0.339 e. The van der Waals surface area contributed by atoms with Gasteiger partial charge in [-0.2, -0.15) is 8.42 Å². The number of halogens is 1. The maximum absolute atomic E-state index is 12.0. The first-order valence-electron chi connectivity index (χ1n) is 5.38. The summed E-state index contributed by atoms with van der Waals surface area (Å²) in [6.07, 6.45) is 0. The molecule has 0 aliphatic rings. The number of aromatic hydroxyl groups is 1. The second-order valence-electron chi connectivity index (χ2n) is 3.96. The smallest absolute Gasteiger partial charge is 0.339 e. The Labute approximate surface area is 119 Å². The van der Waals surface area contributed by atoms with Gasteiger partial charge in [-0.15, -0.1) is 0 Å². The first-order chi connectivity index (χ1) is 8.88. The summed E-state index contributed by atoms with van der Waals surface area (Å²) in [5, 5.41) is 9.48. The number of hydrogen-bond acceptors (Lipinski definition) is 4. The van der Waals surface area contributed by atoms with E-state index in [1.165, 1.54) is 30.3 Å². The maximum atomic E-state index is 12.0. The molecule has 0 heterocycles. The molecule has 2 aromatic rings. The summed E-state index contributed by atoms with van der Waals surface area (Å²) in [6.45, 7) is 1.87. The monoisotopic (exact) mass is 342 g/mol. The summed E-state index contributed by atoms with van der Waals surface area (Å²) in [7, 11) is -3.89. The molecule has 0 fully saturated rings.